The monoisotopic (exact) mass is 294 g/mol. The third-order valence-electron chi connectivity index (χ3n) is 2.00. The van der Waals surface area contributed by atoms with Gasteiger partial charge in [0.05, 0.1) is 24.8 Å². The predicted molar refractivity (Wildman–Crippen MR) is 78.3 cm³/mol. The van der Waals surface area contributed by atoms with Gasteiger partial charge in [-0.3, -0.25) is 4.57 Å². The molecule has 0 rings (SSSR count). The lowest BCUT2D eigenvalue weighted by Gasteiger charge is -2.22. The van der Waals surface area contributed by atoms with Crippen molar-refractivity contribution in [2.75, 3.05) is 13.2 Å². The Labute approximate surface area is 112 Å². The summed E-state index contributed by atoms with van der Waals surface area (Å²) >= 11 is 0. The molecule has 0 fully saturated rings. The molecular formula is C12H27O4PSi. The Balaban J connectivity index is 5.08. The second kappa shape index (κ2) is 8.15. The standard InChI is InChI=1S/C12H27O4PSi/c1-7-10-12(11-16-18(4,5)6)17(13,14-8-2)15-9-3/h11H,7-10H2,1-6H3/b12-11+. The Kier molecular flexibility index (Phi) is 8.11. The zero-order valence-electron chi connectivity index (χ0n) is 12.5. The van der Waals surface area contributed by atoms with E-state index in [-0.39, 0.29) is 0 Å². The molecule has 0 unspecified atom stereocenters. The van der Waals surface area contributed by atoms with E-state index in [4.69, 9.17) is 13.5 Å². The topological polar surface area (TPSA) is 44.8 Å². The van der Waals surface area contributed by atoms with Crippen LogP contribution in [0.3, 0.4) is 0 Å². The zero-order chi connectivity index (χ0) is 14.2. The van der Waals surface area contributed by atoms with Crippen LogP contribution in [0.5, 0.6) is 0 Å². The molecule has 0 aliphatic rings. The lowest BCUT2D eigenvalue weighted by Crippen LogP contribution is -2.22. The fourth-order valence-corrected chi connectivity index (χ4v) is 3.66. The third kappa shape index (κ3) is 6.74. The SMILES string of the molecule is CCC/C(=C\O[Si](C)(C)C)P(=O)(OCC)OCC. The molecule has 0 bridgehead atoms. The Hall–Kier alpha value is -0.0931. The first-order valence-electron chi connectivity index (χ1n) is 6.55. The highest BCUT2D eigenvalue weighted by molar-refractivity contribution is 7.58. The van der Waals surface area contributed by atoms with Gasteiger partial charge in [-0.05, 0) is 39.9 Å². The van der Waals surface area contributed by atoms with E-state index in [1.807, 2.05) is 20.8 Å². The van der Waals surface area contributed by atoms with Gasteiger partial charge in [-0.2, -0.15) is 0 Å². The van der Waals surface area contributed by atoms with Crippen molar-refractivity contribution in [3.05, 3.63) is 11.6 Å². The number of allylic oxidation sites excluding steroid dienone is 1. The fourth-order valence-electron chi connectivity index (χ4n) is 1.30. The van der Waals surface area contributed by atoms with Crippen LogP contribution in [-0.2, 0) is 18.0 Å². The van der Waals surface area contributed by atoms with Gasteiger partial charge in [0.25, 0.3) is 0 Å². The molecule has 108 valence electrons. The number of rotatable bonds is 9. The van der Waals surface area contributed by atoms with Crippen LogP contribution in [0.2, 0.25) is 19.6 Å². The van der Waals surface area contributed by atoms with Crippen LogP contribution in [-0.4, -0.2) is 21.5 Å². The minimum Gasteiger partial charge on any atom is -0.549 e. The maximum Gasteiger partial charge on any atom is 0.360 e. The summed E-state index contributed by atoms with van der Waals surface area (Å²) in [6.07, 6.45) is 3.16. The minimum atomic E-state index is -3.17. The van der Waals surface area contributed by atoms with Gasteiger partial charge in [0.15, 0.2) is 0 Å². The van der Waals surface area contributed by atoms with Gasteiger partial charge in [-0.25, -0.2) is 0 Å². The summed E-state index contributed by atoms with van der Waals surface area (Å²) in [7, 11) is -4.86. The molecule has 0 radical (unpaired) electrons. The van der Waals surface area contributed by atoms with Crippen molar-refractivity contribution < 1.29 is 18.0 Å². The van der Waals surface area contributed by atoms with Gasteiger partial charge in [0.1, 0.15) is 0 Å². The van der Waals surface area contributed by atoms with Gasteiger partial charge < -0.3 is 13.5 Å². The van der Waals surface area contributed by atoms with Crippen LogP contribution in [0.15, 0.2) is 11.6 Å². The second-order valence-electron chi connectivity index (χ2n) is 4.92. The normalized spacial score (nSPS) is 13.8. The molecule has 0 amide bonds. The smallest absolute Gasteiger partial charge is 0.360 e. The fraction of sp³-hybridized carbons (Fsp3) is 0.833. The van der Waals surface area contributed by atoms with E-state index in [9.17, 15) is 4.57 Å². The van der Waals surface area contributed by atoms with Gasteiger partial charge in [-0.1, -0.05) is 13.3 Å². The van der Waals surface area contributed by atoms with E-state index in [1.165, 1.54) is 0 Å². The lowest BCUT2D eigenvalue weighted by atomic mass is 10.3. The molecule has 0 aliphatic carbocycles. The van der Waals surface area contributed by atoms with Gasteiger partial charge in [0.2, 0.25) is 8.32 Å². The van der Waals surface area contributed by atoms with Crippen LogP contribution < -0.4 is 0 Å². The molecule has 0 aromatic heterocycles. The average molecular weight is 294 g/mol. The maximum atomic E-state index is 12.6. The average Bonchev–Trinajstić information content (AvgIpc) is 2.23. The van der Waals surface area contributed by atoms with Crippen molar-refractivity contribution in [3.63, 3.8) is 0 Å². The lowest BCUT2D eigenvalue weighted by molar-refractivity contribution is 0.224. The number of hydrogen-bond acceptors (Lipinski definition) is 4. The highest BCUT2D eigenvalue weighted by atomic mass is 31.2. The highest BCUT2D eigenvalue weighted by Gasteiger charge is 2.30. The first-order chi connectivity index (χ1) is 8.29. The quantitative estimate of drug-likeness (QED) is 0.350. The van der Waals surface area contributed by atoms with E-state index < -0.39 is 15.9 Å². The second-order valence-corrected chi connectivity index (χ2v) is 11.5. The first kappa shape index (κ1) is 17.9. The Morgan fingerprint density at radius 1 is 1.11 bits per heavy atom. The van der Waals surface area contributed by atoms with Crippen molar-refractivity contribution in [2.45, 2.75) is 53.3 Å². The Morgan fingerprint density at radius 3 is 1.94 bits per heavy atom. The van der Waals surface area contributed by atoms with Crippen molar-refractivity contribution in [2.24, 2.45) is 0 Å². The van der Waals surface area contributed by atoms with Crippen LogP contribution in [0, 0.1) is 0 Å². The summed E-state index contributed by atoms with van der Waals surface area (Å²) in [5, 5.41) is 0.649. The highest BCUT2D eigenvalue weighted by Crippen LogP contribution is 2.57. The largest absolute Gasteiger partial charge is 0.549 e. The van der Waals surface area contributed by atoms with E-state index in [1.54, 1.807) is 6.26 Å². The molecule has 6 heteroatoms. The summed E-state index contributed by atoms with van der Waals surface area (Å²) in [5.41, 5.74) is 0. The predicted octanol–water partition coefficient (Wildman–Crippen LogP) is 4.75. The van der Waals surface area contributed by atoms with Crippen LogP contribution >= 0.6 is 7.60 Å². The first-order valence-corrected chi connectivity index (χ1v) is 11.5. The van der Waals surface area contributed by atoms with E-state index in [2.05, 4.69) is 19.6 Å². The molecule has 18 heavy (non-hydrogen) atoms. The summed E-state index contributed by atoms with van der Waals surface area (Å²) in [6.45, 7) is 12.6. The third-order valence-corrected chi connectivity index (χ3v) is 5.06. The van der Waals surface area contributed by atoms with Gasteiger partial charge >= 0.3 is 7.60 Å². The van der Waals surface area contributed by atoms with Crippen molar-refractivity contribution in [1.29, 1.82) is 0 Å². The summed E-state index contributed by atoms with van der Waals surface area (Å²) in [5.74, 6) is 0. The van der Waals surface area contributed by atoms with Crippen molar-refractivity contribution >= 4 is 15.9 Å². The van der Waals surface area contributed by atoms with E-state index in [0.29, 0.717) is 24.9 Å². The summed E-state index contributed by atoms with van der Waals surface area (Å²) < 4.78 is 29.1. The molecule has 4 nitrogen and oxygen atoms in total. The molecule has 0 heterocycles. The van der Waals surface area contributed by atoms with Gasteiger partial charge in [0, 0.05) is 0 Å². The molecule has 0 spiro atoms. The molecule has 0 aliphatic heterocycles. The molecule has 0 saturated heterocycles. The van der Waals surface area contributed by atoms with Crippen LogP contribution in [0.1, 0.15) is 33.6 Å². The van der Waals surface area contributed by atoms with Crippen LogP contribution in [0.25, 0.3) is 0 Å². The summed E-state index contributed by atoms with van der Waals surface area (Å²) in [4.78, 5) is 0. The molecular weight excluding hydrogens is 267 g/mol. The minimum absolute atomic E-state index is 0.366. The molecule has 0 aromatic carbocycles. The molecule has 0 aromatic rings. The van der Waals surface area contributed by atoms with Crippen molar-refractivity contribution in [3.8, 4) is 0 Å². The van der Waals surface area contributed by atoms with Crippen molar-refractivity contribution in [1.82, 2.24) is 0 Å². The number of hydrogen-bond donors (Lipinski definition) is 0. The zero-order valence-corrected chi connectivity index (χ0v) is 14.4. The van der Waals surface area contributed by atoms with Gasteiger partial charge in [-0.15, -0.1) is 0 Å². The van der Waals surface area contributed by atoms with E-state index in [0.717, 1.165) is 6.42 Å². The molecule has 0 saturated carbocycles. The van der Waals surface area contributed by atoms with E-state index >= 15 is 0 Å². The summed E-state index contributed by atoms with van der Waals surface area (Å²) in [6, 6.07) is 0. The Bertz CT molecular complexity index is 300. The molecule has 0 atom stereocenters. The Morgan fingerprint density at radius 2 is 1.61 bits per heavy atom. The maximum absolute atomic E-state index is 12.6. The van der Waals surface area contributed by atoms with Crippen LogP contribution in [0.4, 0.5) is 0 Å². The molecule has 0 N–H and O–H groups in total.